The molecule has 0 aliphatic carbocycles. The van der Waals surface area contributed by atoms with E-state index in [0.717, 1.165) is 32.7 Å². The SMILES string of the molecule is C=CCN1CCN(C=CCO)CC1. The largest absolute Gasteiger partial charge is 0.392 e. The van der Waals surface area contributed by atoms with Crippen LogP contribution in [0.4, 0.5) is 0 Å². The number of aliphatic hydroxyl groups excluding tert-OH is 1. The molecule has 0 atom stereocenters. The van der Waals surface area contributed by atoms with Crippen LogP contribution in [-0.2, 0) is 0 Å². The van der Waals surface area contributed by atoms with E-state index in [4.69, 9.17) is 5.11 Å². The van der Waals surface area contributed by atoms with Crippen molar-refractivity contribution in [3.8, 4) is 0 Å². The highest BCUT2D eigenvalue weighted by Gasteiger charge is 2.11. The fourth-order valence-electron chi connectivity index (χ4n) is 1.47. The summed E-state index contributed by atoms with van der Waals surface area (Å²) < 4.78 is 0. The molecule has 1 saturated heterocycles. The van der Waals surface area contributed by atoms with E-state index in [9.17, 15) is 0 Å². The van der Waals surface area contributed by atoms with Gasteiger partial charge in [0.05, 0.1) is 6.61 Å². The van der Waals surface area contributed by atoms with Gasteiger partial charge in [0.25, 0.3) is 0 Å². The highest BCUT2D eigenvalue weighted by molar-refractivity contribution is 4.86. The van der Waals surface area contributed by atoms with Gasteiger partial charge in [0.1, 0.15) is 0 Å². The second-order valence-electron chi connectivity index (χ2n) is 3.19. The fraction of sp³-hybridized carbons (Fsp3) is 0.600. The lowest BCUT2D eigenvalue weighted by Crippen LogP contribution is -2.43. The molecule has 0 saturated carbocycles. The van der Waals surface area contributed by atoms with Crippen LogP contribution in [0.25, 0.3) is 0 Å². The summed E-state index contributed by atoms with van der Waals surface area (Å²) in [5.74, 6) is 0. The van der Waals surface area contributed by atoms with Gasteiger partial charge >= 0.3 is 0 Å². The lowest BCUT2D eigenvalue weighted by molar-refractivity contribution is 0.182. The minimum atomic E-state index is 0.132. The average Bonchev–Trinajstić information content (AvgIpc) is 2.17. The minimum Gasteiger partial charge on any atom is -0.392 e. The van der Waals surface area contributed by atoms with Gasteiger partial charge in [-0.1, -0.05) is 6.08 Å². The number of nitrogens with zero attached hydrogens (tertiary/aromatic N) is 2. The van der Waals surface area contributed by atoms with E-state index in [0.29, 0.717) is 0 Å². The molecule has 0 amide bonds. The van der Waals surface area contributed by atoms with Crippen LogP contribution in [0, 0.1) is 0 Å². The summed E-state index contributed by atoms with van der Waals surface area (Å²) in [6.07, 6.45) is 5.70. The van der Waals surface area contributed by atoms with E-state index in [1.165, 1.54) is 0 Å². The molecule has 0 radical (unpaired) electrons. The molecule has 1 fully saturated rings. The van der Waals surface area contributed by atoms with Crippen molar-refractivity contribution in [1.29, 1.82) is 0 Å². The molecule has 1 rings (SSSR count). The molecule has 0 unspecified atom stereocenters. The number of aliphatic hydroxyl groups is 1. The Kier molecular flexibility index (Phi) is 4.57. The maximum Gasteiger partial charge on any atom is 0.0629 e. The zero-order chi connectivity index (χ0) is 9.52. The molecule has 74 valence electrons. The van der Waals surface area contributed by atoms with E-state index in [1.54, 1.807) is 6.08 Å². The number of hydrogen-bond donors (Lipinski definition) is 1. The topological polar surface area (TPSA) is 26.7 Å². The second kappa shape index (κ2) is 5.78. The first-order valence-corrected chi connectivity index (χ1v) is 4.71. The summed E-state index contributed by atoms with van der Waals surface area (Å²) in [6.45, 7) is 9.10. The van der Waals surface area contributed by atoms with Crippen LogP contribution in [0.5, 0.6) is 0 Å². The van der Waals surface area contributed by atoms with Crippen molar-refractivity contribution in [2.75, 3.05) is 39.3 Å². The Labute approximate surface area is 80.0 Å². The minimum absolute atomic E-state index is 0.132. The molecule has 3 nitrogen and oxygen atoms in total. The lowest BCUT2D eigenvalue weighted by atomic mass is 10.3. The monoisotopic (exact) mass is 182 g/mol. The van der Waals surface area contributed by atoms with Gasteiger partial charge in [-0.15, -0.1) is 6.58 Å². The van der Waals surface area contributed by atoms with Crippen LogP contribution >= 0.6 is 0 Å². The van der Waals surface area contributed by atoms with Gasteiger partial charge in [0.2, 0.25) is 0 Å². The lowest BCUT2D eigenvalue weighted by Gasteiger charge is -2.33. The van der Waals surface area contributed by atoms with Gasteiger partial charge in [-0.05, 0) is 12.3 Å². The molecule has 0 aromatic rings. The van der Waals surface area contributed by atoms with Crippen LogP contribution in [0.15, 0.2) is 24.9 Å². The van der Waals surface area contributed by atoms with E-state index in [1.807, 2.05) is 12.3 Å². The summed E-state index contributed by atoms with van der Waals surface area (Å²) >= 11 is 0. The molecule has 1 N–H and O–H groups in total. The predicted octanol–water partition coefficient (Wildman–Crippen LogP) is 0.296. The van der Waals surface area contributed by atoms with Crippen molar-refractivity contribution in [2.45, 2.75) is 0 Å². The van der Waals surface area contributed by atoms with Crippen LogP contribution in [0.2, 0.25) is 0 Å². The molecule has 0 aromatic heterocycles. The van der Waals surface area contributed by atoms with Crippen LogP contribution in [0.3, 0.4) is 0 Å². The Morgan fingerprint density at radius 2 is 1.92 bits per heavy atom. The predicted molar refractivity (Wildman–Crippen MR) is 54.4 cm³/mol. The average molecular weight is 182 g/mol. The summed E-state index contributed by atoms with van der Waals surface area (Å²) in [7, 11) is 0. The van der Waals surface area contributed by atoms with Crippen LogP contribution in [-0.4, -0.2) is 54.2 Å². The van der Waals surface area contributed by atoms with Crippen molar-refractivity contribution in [3.05, 3.63) is 24.9 Å². The quantitative estimate of drug-likeness (QED) is 0.633. The smallest absolute Gasteiger partial charge is 0.0629 e. The molecule has 13 heavy (non-hydrogen) atoms. The van der Waals surface area contributed by atoms with Gasteiger partial charge in [-0.2, -0.15) is 0 Å². The third-order valence-electron chi connectivity index (χ3n) is 2.22. The number of rotatable bonds is 4. The Bertz CT molecular complexity index is 172. The maximum atomic E-state index is 8.60. The number of piperazine rings is 1. The first-order chi connectivity index (χ1) is 6.36. The van der Waals surface area contributed by atoms with Crippen LogP contribution in [0.1, 0.15) is 0 Å². The molecule has 0 bridgehead atoms. The highest BCUT2D eigenvalue weighted by atomic mass is 16.2. The molecule has 1 heterocycles. The van der Waals surface area contributed by atoms with E-state index < -0.39 is 0 Å². The zero-order valence-corrected chi connectivity index (χ0v) is 8.02. The molecular weight excluding hydrogens is 164 g/mol. The van der Waals surface area contributed by atoms with Crippen molar-refractivity contribution in [1.82, 2.24) is 9.80 Å². The van der Waals surface area contributed by atoms with Crippen molar-refractivity contribution < 1.29 is 5.11 Å². The summed E-state index contributed by atoms with van der Waals surface area (Å²) in [5, 5.41) is 8.60. The Balaban J connectivity index is 2.22. The highest BCUT2D eigenvalue weighted by Crippen LogP contribution is 2.01. The molecule has 1 aliphatic rings. The number of hydrogen-bond acceptors (Lipinski definition) is 3. The summed E-state index contributed by atoms with van der Waals surface area (Å²) in [4.78, 5) is 4.60. The van der Waals surface area contributed by atoms with Crippen molar-refractivity contribution in [2.24, 2.45) is 0 Å². The normalized spacial score (nSPS) is 19.6. The molecule has 0 aromatic carbocycles. The first kappa shape index (κ1) is 10.3. The van der Waals surface area contributed by atoms with Crippen molar-refractivity contribution >= 4 is 0 Å². The van der Waals surface area contributed by atoms with E-state index in [2.05, 4.69) is 16.4 Å². The summed E-state index contributed by atoms with van der Waals surface area (Å²) in [5.41, 5.74) is 0. The maximum absolute atomic E-state index is 8.60. The van der Waals surface area contributed by atoms with Gasteiger partial charge in [0, 0.05) is 32.7 Å². The third-order valence-corrected chi connectivity index (χ3v) is 2.22. The molecule has 1 aliphatic heterocycles. The fourth-order valence-corrected chi connectivity index (χ4v) is 1.47. The van der Waals surface area contributed by atoms with Gasteiger partial charge in [-0.25, -0.2) is 0 Å². The second-order valence-corrected chi connectivity index (χ2v) is 3.19. The van der Waals surface area contributed by atoms with Gasteiger partial charge < -0.3 is 10.0 Å². The van der Waals surface area contributed by atoms with E-state index in [-0.39, 0.29) is 6.61 Å². The van der Waals surface area contributed by atoms with Gasteiger partial charge in [-0.3, -0.25) is 4.90 Å². The Hall–Kier alpha value is -0.800. The first-order valence-electron chi connectivity index (χ1n) is 4.71. The van der Waals surface area contributed by atoms with Crippen LogP contribution < -0.4 is 0 Å². The Morgan fingerprint density at radius 1 is 1.23 bits per heavy atom. The summed E-state index contributed by atoms with van der Waals surface area (Å²) in [6, 6.07) is 0. The van der Waals surface area contributed by atoms with Gasteiger partial charge in [0.15, 0.2) is 0 Å². The zero-order valence-electron chi connectivity index (χ0n) is 8.02. The molecular formula is C10H18N2O. The van der Waals surface area contributed by atoms with E-state index >= 15 is 0 Å². The van der Waals surface area contributed by atoms with Crippen molar-refractivity contribution in [3.63, 3.8) is 0 Å². The molecule has 3 heteroatoms. The standard InChI is InChI=1S/C10H18N2O/c1-2-4-11-6-8-12(9-7-11)5-3-10-13/h2-3,5,13H,1,4,6-10H2. The third kappa shape index (κ3) is 3.61. The molecule has 0 spiro atoms. The Morgan fingerprint density at radius 3 is 2.46 bits per heavy atom.